The summed E-state index contributed by atoms with van der Waals surface area (Å²) >= 11 is 0. The molecule has 3 rings (SSSR count). The molecular formula is C35H48O4. The highest BCUT2D eigenvalue weighted by Crippen LogP contribution is 2.34. The molecular weight excluding hydrogens is 484 g/mol. The van der Waals surface area contributed by atoms with Gasteiger partial charge in [-0.05, 0) is 92.4 Å². The van der Waals surface area contributed by atoms with Crippen LogP contribution < -0.4 is 4.74 Å². The number of benzene rings is 1. The summed E-state index contributed by atoms with van der Waals surface area (Å²) in [4.78, 5) is 23.0. The van der Waals surface area contributed by atoms with E-state index < -0.39 is 5.97 Å². The standard InChI is InChI=1S/C35H48O4/c1-4-7-9-10-11-13-25-37-33-22-20-32(21-23-33)35(36)39-38-34-24-19-30(27-31(34)6-3)26-29-17-15-28(16-18-29)14-12-8-5-2/h3,20-24,26-29H,4-5,7-19,25H2,1-2H3. The lowest BCUT2D eigenvalue weighted by Gasteiger charge is -2.27. The summed E-state index contributed by atoms with van der Waals surface area (Å²) in [6.45, 7) is 5.18. The zero-order valence-electron chi connectivity index (χ0n) is 24.2. The van der Waals surface area contributed by atoms with E-state index in [1.807, 2.05) is 12.2 Å². The Morgan fingerprint density at radius 1 is 0.949 bits per heavy atom. The molecule has 1 aromatic carbocycles. The Bertz CT molecular complexity index is 1000. The fraction of sp³-hybridized carbons (Fsp3) is 0.571. The summed E-state index contributed by atoms with van der Waals surface area (Å²) in [5.74, 6) is 4.80. The van der Waals surface area contributed by atoms with E-state index in [-0.39, 0.29) is 0 Å². The molecule has 0 aromatic heterocycles. The summed E-state index contributed by atoms with van der Waals surface area (Å²) in [6.07, 6.45) is 30.7. The average molecular weight is 533 g/mol. The second-order valence-corrected chi connectivity index (χ2v) is 11.1. The van der Waals surface area contributed by atoms with Crippen LogP contribution in [-0.2, 0) is 9.78 Å². The van der Waals surface area contributed by atoms with Crippen LogP contribution in [0.1, 0.15) is 121 Å². The molecule has 39 heavy (non-hydrogen) atoms. The molecule has 0 saturated heterocycles. The number of hydrogen-bond donors (Lipinski definition) is 0. The molecule has 2 aliphatic rings. The Morgan fingerprint density at radius 2 is 1.64 bits per heavy atom. The molecule has 4 heteroatoms. The summed E-state index contributed by atoms with van der Waals surface area (Å²) in [6, 6.07) is 6.95. The van der Waals surface area contributed by atoms with Gasteiger partial charge < -0.3 is 4.74 Å². The second kappa shape index (κ2) is 17.6. The zero-order chi connectivity index (χ0) is 27.7. The Balaban J connectivity index is 1.40. The predicted molar refractivity (Wildman–Crippen MR) is 159 cm³/mol. The van der Waals surface area contributed by atoms with Gasteiger partial charge in [0.1, 0.15) is 5.75 Å². The smallest absolute Gasteiger partial charge is 0.386 e. The normalized spacial score (nSPS) is 20.1. The van der Waals surface area contributed by atoms with Crippen molar-refractivity contribution in [2.75, 3.05) is 6.61 Å². The number of carbonyl (C=O) groups is 1. The van der Waals surface area contributed by atoms with E-state index in [0.29, 0.717) is 29.4 Å². The molecule has 2 aliphatic carbocycles. The Labute approximate surface area is 236 Å². The van der Waals surface area contributed by atoms with Crippen molar-refractivity contribution in [2.24, 2.45) is 11.8 Å². The number of allylic oxidation sites excluding steroid dienone is 5. The molecule has 0 amide bonds. The highest BCUT2D eigenvalue weighted by molar-refractivity contribution is 5.89. The lowest BCUT2D eigenvalue weighted by atomic mass is 9.78. The minimum Gasteiger partial charge on any atom is -0.494 e. The molecule has 0 aliphatic heterocycles. The number of unbranched alkanes of at least 4 members (excludes halogenated alkanes) is 7. The molecule has 1 fully saturated rings. The largest absolute Gasteiger partial charge is 0.494 e. The van der Waals surface area contributed by atoms with Gasteiger partial charge in [0.2, 0.25) is 0 Å². The molecule has 1 aromatic rings. The van der Waals surface area contributed by atoms with E-state index in [1.54, 1.807) is 24.3 Å². The fourth-order valence-electron chi connectivity index (χ4n) is 5.46. The number of rotatable bonds is 16. The quantitative estimate of drug-likeness (QED) is 0.0920. The first kappa shape index (κ1) is 30.6. The molecule has 4 nitrogen and oxygen atoms in total. The third-order valence-electron chi connectivity index (χ3n) is 7.89. The van der Waals surface area contributed by atoms with Crippen LogP contribution >= 0.6 is 0 Å². The molecule has 0 bridgehead atoms. The molecule has 0 N–H and O–H groups in total. The third-order valence-corrected chi connectivity index (χ3v) is 7.89. The van der Waals surface area contributed by atoms with E-state index in [1.165, 1.54) is 89.0 Å². The van der Waals surface area contributed by atoms with Crippen molar-refractivity contribution in [1.29, 1.82) is 0 Å². The van der Waals surface area contributed by atoms with E-state index in [9.17, 15) is 4.79 Å². The van der Waals surface area contributed by atoms with Crippen molar-refractivity contribution in [3.63, 3.8) is 0 Å². The predicted octanol–water partition coefficient (Wildman–Crippen LogP) is 9.67. The Hall–Kier alpha value is -2.93. The van der Waals surface area contributed by atoms with Gasteiger partial charge in [0, 0.05) is 0 Å². The van der Waals surface area contributed by atoms with Crippen LogP contribution in [0.3, 0.4) is 0 Å². The maximum Gasteiger partial charge on any atom is 0.386 e. The van der Waals surface area contributed by atoms with Crippen LogP contribution in [-0.4, -0.2) is 12.6 Å². The van der Waals surface area contributed by atoms with Crippen molar-refractivity contribution in [2.45, 2.75) is 110 Å². The monoisotopic (exact) mass is 532 g/mol. The van der Waals surface area contributed by atoms with Gasteiger partial charge >= 0.3 is 5.97 Å². The van der Waals surface area contributed by atoms with Crippen LogP contribution in [0.25, 0.3) is 0 Å². The van der Waals surface area contributed by atoms with Gasteiger partial charge in [0.15, 0.2) is 5.76 Å². The second-order valence-electron chi connectivity index (χ2n) is 11.1. The van der Waals surface area contributed by atoms with Crippen molar-refractivity contribution < 1.29 is 19.3 Å². The highest BCUT2D eigenvalue weighted by Gasteiger charge is 2.21. The first-order valence-corrected chi connectivity index (χ1v) is 15.3. The molecule has 0 heterocycles. The number of carbonyl (C=O) groups excluding carboxylic acids is 1. The van der Waals surface area contributed by atoms with E-state index in [0.717, 1.165) is 24.5 Å². The van der Waals surface area contributed by atoms with Crippen LogP contribution in [0.2, 0.25) is 0 Å². The van der Waals surface area contributed by atoms with E-state index in [2.05, 4.69) is 25.8 Å². The van der Waals surface area contributed by atoms with Gasteiger partial charge in [-0.2, -0.15) is 0 Å². The first-order chi connectivity index (χ1) is 19.1. The van der Waals surface area contributed by atoms with Crippen LogP contribution in [0.15, 0.2) is 59.4 Å². The summed E-state index contributed by atoms with van der Waals surface area (Å²) in [7, 11) is 0. The molecule has 0 radical (unpaired) electrons. The van der Waals surface area contributed by atoms with Gasteiger partial charge in [-0.15, -0.1) is 6.42 Å². The highest BCUT2D eigenvalue weighted by atomic mass is 17.2. The van der Waals surface area contributed by atoms with Gasteiger partial charge in [-0.1, -0.05) is 83.6 Å². The summed E-state index contributed by atoms with van der Waals surface area (Å²) < 4.78 is 5.79. The maximum atomic E-state index is 12.5. The SMILES string of the molecule is C#CC1=CC(=CC2CCC(CCCCC)CC2)CC=C1OOC(=O)c1ccc(OCCCCCCCC)cc1. The first-order valence-electron chi connectivity index (χ1n) is 15.3. The third kappa shape index (κ3) is 11.0. The van der Waals surface area contributed by atoms with Gasteiger partial charge in [-0.25, -0.2) is 9.68 Å². The Morgan fingerprint density at radius 3 is 2.36 bits per heavy atom. The van der Waals surface area contributed by atoms with Crippen LogP contribution in [0.4, 0.5) is 0 Å². The minimum atomic E-state index is -0.563. The van der Waals surface area contributed by atoms with Crippen molar-refractivity contribution in [3.8, 4) is 18.1 Å². The van der Waals surface area contributed by atoms with Gasteiger partial charge in [-0.3, -0.25) is 4.89 Å². The van der Waals surface area contributed by atoms with Crippen molar-refractivity contribution >= 4 is 5.97 Å². The summed E-state index contributed by atoms with van der Waals surface area (Å²) in [5, 5.41) is 0. The van der Waals surface area contributed by atoms with Crippen LogP contribution in [0, 0.1) is 24.2 Å². The molecule has 0 unspecified atom stereocenters. The Kier molecular flexibility index (Phi) is 13.8. The molecule has 1 saturated carbocycles. The van der Waals surface area contributed by atoms with Gasteiger partial charge in [0.25, 0.3) is 0 Å². The van der Waals surface area contributed by atoms with Crippen molar-refractivity contribution in [1.82, 2.24) is 0 Å². The van der Waals surface area contributed by atoms with Gasteiger partial charge in [0.05, 0.1) is 17.7 Å². The topological polar surface area (TPSA) is 44.8 Å². The maximum absolute atomic E-state index is 12.5. The lowest BCUT2D eigenvalue weighted by Crippen LogP contribution is -2.14. The van der Waals surface area contributed by atoms with Crippen LogP contribution in [0.5, 0.6) is 5.75 Å². The molecule has 212 valence electrons. The van der Waals surface area contributed by atoms with E-state index in [4.69, 9.17) is 20.9 Å². The number of terminal acetylenes is 1. The lowest BCUT2D eigenvalue weighted by molar-refractivity contribution is -0.202. The molecule has 0 atom stereocenters. The number of ether oxygens (including phenoxy) is 1. The van der Waals surface area contributed by atoms with Crippen molar-refractivity contribution in [3.05, 3.63) is 65.0 Å². The van der Waals surface area contributed by atoms with E-state index >= 15 is 0 Å². The number of hydrogen-bond acceptors (Lipinski definition) is 4. The minimum absolute atomic E-state index is 0.399. The zero-order valence-corrected chi connectivity index (χ0v) is 24.2. The summed E-state index contributed by atoms with van der Waals surface area (Å²) in [5.41, 5.74) is 2.22. The molecule has 0 spiro atoms. The fourth-order valence-corrected chi connectivity index (χ4v) is 5.46. The average Bonchev–Trinajstić information content (AvgIpc) is 2.97.